The maximum atomic E-state index is 12.7. The molecule has 0 radical (unpaired) electrons. The van der Waals surface area contributed by atoms with Gasteiger partial charge in [-0.2, -0.15) is 0 Å². The van der Waals surface area contributed by atoms with Crippen molar-refractivity contribution < 1.29 is 23.8 Å². The molecule has 47 heavy (non-hydrogen) atoms. The Morgan fingerprint density at radius 2 is 0.872 bits per heavy atom. The summed E-state index contributed by atoms with van der Waals surface area (Å²) in [7, 11) is 0. The normalized spacial score (nSPS) is 10.6. The van der Waals surface area contributed by atoms with Gasteiger partial charge in [0.15, 0.2) is 0 Å². The molecular formula is C42H54O5. The van der Waals surface area contributed by atoms with Crippen LogP contribution in [0.1, 0.15) is 148 Å². The minimum Gasteiger partial charge on any atom is -0.494 e. The highest BCUT2D eigenvalue weighted by Crippen LogP contribution is 2.20. The number of benzene rings is 3. The Kier molecular flexibility index (Phi) is 18.6. The molecule has 3 aromatic carbocycles. The van der Waals surface area contributed by atoms with Crippen LogP contribution < -0.4 is 9.47 Å². The lowest BCUT2D eigenvalue weighted by molar-refractivity contribution is 0.0497. The lowest BCUT2D eigenvalue weighted by Gasteiger charge is -2.08. The van der Waals surface area contributed by atoms with E-state index in [-0.39, 0.29) is 5.97 Å². The van der Waals surface area contributed by atoms with Crippen LogP contribution in [0, 0.1) is 11.8 Å². The number of rotatable bonds is 22. The fourth-order valence-electron chi connectivity index (χ4n) is 5.20. The van der Waals surface area contributed by atoms with Crippen molar-refractivity contribution in [3.63, 3.8) is 0 Å². The van der Waals surface area contributed by atoms with Crippen LogP contribution in [-0.2, 0) is 4.74 Å². The maximum absolute atomic E-state index is 12.7. The summed E-state index contributed by atoms with van der Waals surface area (Å²) < 4.78 is 16.8. The quantitative estimate of drug-likeness (QED) is 0.0474. The molecule has 5 nitrogen and oxygen atoms in total. The standard InChI is InChI=1S/C42H54O5/c1-3-5-7-9-11-13-15-17-33-45-39-29-31-40(32-30-39)47-42(44)38-27-23-36(24-28-38)20-19-35-21-25-37(26-22-35)41(43)46-34-18-16-14-12-10-8-6-4-2/h21-32H,3-18,33-34H2,1-2H3. The van der Waals surface area contributed by atoms with Crippen molar-refractivity contribution in [1.29, 1.82) is 0 Å². The van der Waals surface area contributed by atoms with Gasteiger partial charge in [0, 0.05) is 11.1 Å². The Labute approximate surface area is 283 Å². The molecule has 0 saturated heterocycles. The first-order valence-corrected chi connectivity index (χ1v) is 17.9. The molecule has 0 amide bonds. The third-order valence-corrected chi connectivity index (χ3v) is 8.12. The second-order valence-electron chi connectivity index (χ2n) is 12.2. The molecule has 0 aliphatic rings. The molecule has 0 unspecified atom stereocenters. The van der Waals surface area contributed by atoms with Crippen molar-refractivity contribution in [2.75, 3.05) is 13.2 Å². The largest absolute Gasteiger partial charge is 0.494 e. The van der Waals surface area contributed by atoms with Gasteiger partial charge in [0.2, 0.25) is 0 Å². The van der Waals surface area contributed by atoms with Crippen molar-refractivity contribution in [3.8, 4) is 23.3 Å². The Bertz CT molecular complexity index is 1350. The molecule has 0 aliphatic heterocycles. The molecule has 0 fully saturated rings. The predicted molar refractivity (Wildman–Crippen MR) is 191 cm³/mol. The van der Waals surface area contributed by atoms with Crippen LogP contribution in [-0.4, -0.2) is 25.2 Å². The van der Waals surface area contributed by atoms with Gasteiger partial charge < -0.3 is 14.2 Å². The van der Waals surface area contributed by atoms with Gasteiger partial charge in [0.05, 0.1) is 24.3 Å². The summed E-state index contributed by atoms with van der Waals surface area (Å²) in [6.07, 6.45) is 19.8. The van der Waals surface area contributed by atoms with E-state index in [1.54, 1.807) is 48.5 Å². The fourth-order valence-corrected chi connectivity index (χ4v) is 5.20. The second kappa shape index (κ2) is 23.3. The topological polar surface area (TPSA) is 61.8 Å². The van der Waals surface area contributed by atoms with Crippen LogP contribution in [0.15, 0.2) is 72.8 Å². The van der Waals surface area contributed by atoms with E-state index in [0.29, 0.717) is 30.1 Å². The molecule has 0 atom stereocenters. The monoisotopic (exact) mass is 638 g/mol. The van der Waals surface area contributed by atoms with Gasteiger partial charge in [0.25, 0.3) is 0 Å². The summed E-state index contributed by atoms with van der Waals surface area (Å²) in [6, 6.07) is 21.3. The van der Waals surface area contributed by atoms with E-state index in [4.69, 9.17) is 14.2 Å². The third-order valence-electron chi connectivity index (χ3n) is 8.12. The van der Waals surface area contributed by atoms with E-state index in [1.165, 1.54) is 83.5 Å². The second-order valence-corrected chi connectivity index (χ2v) is 12.2. The summed E-state index contributed by atoms with van der Waals surface area (Å²) in [5.41, 5.74) is 2.53. The third kappa shape index (κ3) is 15.9. The highest BCUT2D eigenvalue weighted by atomic mass is 16.5. The molecule has 5 heteroatoms. The summed E-state index contributed by atoms with van der Waals surface area (Å²) in [4.78, 5) is 25.0. The molecule has 0 saturated carbocycles. The van der Waals surface area contributed by atoms with Crippen molar-refractivity contribution in [2.45, 2.75) is 117 Å². The van der Waals surface area contributed by atoms with Crippen molar-refractivity contribution in [1.82, 2.24) is 0 Å². The van der Waals surface area contributed by atoms with E-state index < -0.39 is 5.97 Å². The lowest BCUT2D eigenvalue weighted by Crippen LogP contribution is -2.08. The zero-order valence-corrected chi connectivity index (χ0v) is 28.7. The van der Waals surface area contributed by atoms with Gasteiger partial charge in [0.1, 0.15) is 11.5 Å². The highest BCUT2D eigenvalue weighted by molar-refractivity contribution is 5.91. The Balaban J connectivity index is 1.34. The average Bonchev–Trinajstić information content (AvgIpc) is 3.10. The molecule has 0 aliphatic carbocycles. The fraction of sp³-hybridized carbons (Fsp3) is 0.476. The zero-order chi connectivity index (χ0) is 33.4. The molecule has 0 aromatic heterocycles. The Morgan fingerprint density at radius 3 is 1.36 bits per heavy atom. The van der Waals surface area contributed by atoms with Crippen molar-refractivity contribution in [2.24, 2.45) is 0 Å². The number of carbonyl (C=O) groups excluding carboxylic acids is 2. The van der Waals surface area contributed by atoms with Gasteiger partial charge >= 0.3 is 11.9 Å². The van der Waals surface area contributed by atoms with E-state index in [2.05, 4.69) is 25.7 Å². The number of esters is 2. The lowest BCUT2D eigenvalue weighted by atomic mass is 10.1. The number of hydrogen-bond donors (Lipinski definition) is 0. The van der Waals surface area contributed by atoms with Gasteiger partial charge in [-0.1, -0.05) is 116 Å². The van der Waals surface area contributed by atoms with E-state index >= 15 is 0 Å². The molecule has 0 bridgehead atoms. The van der Waals surface area contributed by atoms with Gasteiger partial charge in [-0.15, -0.1) is 0 Å². The Morgan fingerprint density at radius 1 is 0.468 bits per heavy atom. The van der Waals surface area contributed by atoms with Gasteiger partial charge in [-0.3, -0.25) is 0 Å². The number of ether oxygens (including phenoxy) is 3. The molecule has 0 heterocycles. The van der Waals surface area contributed by atoms with E-state index in [9.17, 15) is 9.59 Å². The average molecular weight is 639 g/mol. The molecule has 3 aromatic rings. The molecule has 0 N–H and O–H groups in total. The van der Waals surface area contributed by atoms with Crippen molar-refractivity contribution in [3.05, 3.63) is 95.1 Å². The first kappa shape index (κ1) is 37.4. The number of hydrogen-bond acceptors (Lipinski definition) is 5. The summed E-state index contributed by atoms with van der Waals surface area (Å²) in [5, 5.41) is 0. The highest BCUT2D eigenvalue weighted by Gasteiger charge is 2.09. The number of carbonyl (C=O) groups is 2. The maximum Gasteiger partial charge on any atom is 0.343 e. The Hall–Kier alpha value is -4.04. The van der Waals surface area contributed by atoms with Crippen molar-refractivity contribution >= 4 is 11.9 Å². The van der Waals surface area contributed by atoms with Crippen LogP contribution in [0.3, 0.4) is 0 Å². The minimum absolute atomic E-state index is 0.298. The SMILES string of the molecule is CCCCCCCCCCOC(=O)c1ccc(C#Cc2ccc(C(=O)Oc3ccc(OCCCCCCCCCC)cc3)cc2)cc1. The van der Waals surface area contributed by atoms with Crippen LogP contribution in [0.5, 0.6) is 11.5 Å². The molecule has 0 spiro atoms. The molecule has 252 valence electrons. The minimum atomic E-state index is -0.429. The first-order valence-electron chi connectivity index (χ1n) is 17.9. The van der Waals surface area contributed by atoms with Crippen LogP contribution in [0.25, 0.3) is 0 Å². The van der Waals surface area contributed by atoms with E-state index in [1.807, 2.05) is 24.3 Å². The van der Waals surface area contributed by atoms with Crippen LogP contribution in [0.4, 0.5) is 0 Å². The summed E-state index contributed by atoms with van der Waals surface area (Å²) >= 11 is 0. The van der Waals surface area contributed by atoms with Crippen LogP contribution >= 0.6 is 0 Å². The summed E-state index contributed by atoms with van der Waals surface area (Å²) in [6.45, 7) is 5.63. The summed E-state index contributed by atoms with van der Waals surface area (Å²) in [5.74, 6) is 6.74. The molecular weight excluding hydrogens is 584 g/mol. The first-order chi connectivity index (χ1) is 23.1. The number of unbranched alkanes of at least 4 members (excludes halogenated alkanes) is 14. The zero-order valence-electron chi connectivity index (χ0n) is 28.7. The molecule has 3 rings (SSSR count). The van der Waals surface area contributed by atoms with Crippen LogP contribution in [0.2, 0.25) is 0 Å². The van der Waals surface area contributed by atoms with E-state index in [0.717, 1.165) is 36.1 Å². The van der Waals surface area contributed by atoms with Gasteiger partial charge in [-0.05, 0) is 85.6 Å². The smallest absolute Gasteiger partial charge is 0.343 e. The predicted octanol–water partition coefficient (Wildman–Crippen LogP) is 11.1. The van der Waals surface area contributed by atoms with Gasteiger partial charge in [-0.25, -0.2) is 9.59 Å².